The van der Waals surface area contributed by atoms with Crippen molar-refractivity contribution in [3.05, 3.63) is 36.7 Å². The van der Waals surface area contributed by atoms with Gasteiger partial charge in [0.1, 0.15) is 5.75 Å². The lowest BCUT2D eigenvalue weighted by molar-refractivity contribution is 0.415. The predicted molar refractivity (Wildman–Crippen MR) is 68.9 cm³/mol. The van der Waals surface area contributed by atoms with E-state index in [-0.39, 0.29) is 0 Å². The Morgan fingerprint density at radius 3 is 2.71 bits per heavy atom. The number of anilines is 1. The molecule has 1 N–H and O–H groups in total. The molecule has 2 rings (SSSR count). The van der Waals surface area contributed by atoms with E-state index < -0.39 is 0 Å². The summed E-state index contributed by atoms with van der Waals surface area (Å²) in [5, 5.41) is 3.29. The second-order valence-electron chi connectivity index (χ2n) is 3.75. The first-order chi connectivity index (χ1) is 8.35. The quantitative estimate of drug-likeness (QED) is 0.860. The maximum Gasteiger partial charge on any atom is 0.207 e. The molecule has 2 aromatic rings. The molecule has 0 aliphatic heterocycles. The zero-order valence-electron chi connectivity index (χ0n) is 10.2. The molecule has 0 saturated carbocycles. The Morgan fingerprint density at radius 1 is 1.29 bits per heavy atom. The summed E-state index contributed by atoms with van der Waals surface area (Å²) in [6, 6.07) is 7.91. The predicted octanol–water partition coefficient (Wildman–Crippen LogP) is 2.70. The highest BCUT2D eigenvalue weighted by Gasteiger charge is 2.03. The van der Waals surface area contributed by atoms with E-state index in [1.807, 2.05) is 35.0 Å². The Labute approximate surface area is 101 Å². The first-order valence-corrected chi connectivity index (χ1v) is 5.76. The Kier molecular flexibility index (Phi) is 3.65. The van der Waals surface area contributed by atoms with Gasteiger partial charge < -0.3 is 10.1 Å². The first-order valence-electron chi connectivity index (χ1n) is 5.76. The number of methoxy groups -OCH3 is 1. The van der Waals surface area contributed by atoms with Crippen molar-refractivity contribution in [2.75, 3.05) is 19.0 Å². The van der Waals surface area contributed by atoms with Crippen LogP contribution in [0, 0.1) is 0 Å². The van der Waals surface area contributed by atoms with Gasteiger partial charge >= 0.3 is 0 Å². The molecule has 4 heteroatoms. The second kappa shape index (κ2) is 5.39. The van der Waals surface area contributed by atoms with E-state index in [0.717, 1.165) is 30.4 Å². The molecule has 0 saturated heterocycles. The van der Waals surface area contributed by atoms with Gasteiger partial charge in [0.15, 0.2) is 0 Å². The Balaban J connectivity index is 2.23. The van der Waals surface area contributed by atoms with Crippen molar-refractivity contribution in [1.29, 1.82) is 0 Å². The van der Waals surface area contributed by atoms with Gasteiger partial charge in [0.25, 0.3) is 0 Å². The van der Waals surface area contributed by atoms with Gasteiger partial charge in [-0.3, -0.25) is 4.57 Å². The molecule has 0 aliphatic carbocycles. The van der Waals surface area contributed by atoms with Crippen LogP contribution in [-0.4, -0.2) is 23.2 Å². The molecule has 1 aromatic heterocycles. The van der Waals surface area contributed by atoms with Crippen molar-refractivity contribution >= 4 is 5.95 Å². The number of hydrogen-bond donors (Lipinski definition) is 1. The molecule has 0 bridgehead atoms. The van der Waals surface area contributed by atoms with Gasteiger partial charge in [-0.05, 0) is 30.7 Å². The van der Waals surface area contributed by atoms with Gasteiger partial charge in [-0.15, -0.1) is 0 Å². The van der Waals surface area contributed by atoms with E-state index in [9.17, 15) is 0 Å². The van der Waals surface area contributed by atoms with Crippen LogP contribution in [0.2, 0.25) is 0 Å². The van der Waals surface area contributed by atoms with Gasteiger partial charge in [-0.25, -0.2) is 4.98 Å². The molecule has 0 atom stereocenters. The average Bonchev–Trinajstić information content (AvgIpc) is 2.84. The third kappa shape index (κ3) is 2.58. The number of nitrogens with one attached hydrogen (secondary N) is 1. The standard InChI is InChI=1S/C13H17N3O/c1-3-8-14-13-15-9-10-16(13)11-4-6-12(17-2)7-5-11/h4-7,9-10H,3,8H2,1-2H3,(H,14,15). The molecule has 1 aromatic carbocycles. The highest BCUT2D eigenvalue weighted by atomic mass is 16.5. The molecule has 0 amide bonds. The van der Waals surface area contributed by atoms with Gasteiger partial charge in [0.2, 0.25) is 5.95 Å². The summed E-state index contributed by atoms with van der Waals surface area (Å²) < 4.78 is 7.16. The molecule has 0 unspecified atom stereocenters. The molecule has 4 nitrogen and oxygen atoms in total. The van der Waals surface area contributed by atoms with Crippen molar-refractivity contribution < 1.29 is 4.74 Å². The molecular formula is C13H17N3O. The number of imidazole rings is 1. The van der Waals surface area contributed by atoms with Crippen LogP contribution in [0.1, 0.15) is 13.3 Å². The summed E-state index contributed by atoms with van der Waals surface area (Å²) in [6.45, 7) is 3.06. The molecule has 1 heterocycles. The number of aromatic nitrogens is 2. The summed E-state index contributed by atoms with van der Waals surface area (Å²) in [5.74, 6) is 1.73. The molecule has 0 aliphatic rings. The third-order valence-corrected chi connectivity index (χ3v) is 2.52. The lowest BCUT2D eigenvalue weighted by Crippen LogP contribution is -2.06. The molecule has 90 valence electrons. The summed E-state index contributed by atoms with van der Waals surface area (Å²) in [7, 11) is 1.67. The fourth-order valence-electron chi connectivity index (χ4n) is 1.62. The van der Waals surface area contributed by atoms with E-state index in [1.165, 1.54) is 0 Å². The van der Waals surface area contributed by atoms with Crippen LogP contribution in [0.25, 0.3) is 5.69 Å². The summed E-state index contributed by atoms with van der Waals surface area (Å²) in [5.41, 5.74) is 1.07. The van der Waals surface area contributed by atoms with Gasteiger partial charge in [-0.2, -0.15) is 0 Å². The molecule has 0 fully saturated rings. The minimum atomic E-state index is 0.858. The minimum Gasteiger partial charge on any atom is -0.497 e. The van der Waals surface area contributed by atoms with Crippen molar-refractivity contribution in [3.63, 3.8) is 0 Å². The number of ether oxygens (including phenoxy) is 1. The van der Waals surface area contributed by atoms with Crippen LogP contribution in [0.5, 0.6) is 5.75 Å². The Hall–Kier alpha value is -1.97. The lowest BCUT2D eigenvalue weighted by Gasteiger charge is -2.09. The topological polar surface area (TPSA) is 39.1 Å². The number of rotatable bonds is 5. The molecular weight excluding hydrogens is 214 g/mol. The van der Waals surface area contributed by atoms with E-state index in [4.69, 9.17) is 4.74 Å². The van der Waals surface area contributed by atoms with Gasteiger partial charge in [0, 0.05) is 24.6 Å². The van der Waals surface area contributed by atoms with Crippen LogP contribution < -0.4 is 10.1 Å². The first kappa shape index (κ1) is 11.5. The molecule has 0 radical (unpaired) electrons. The monoisotopic (exact) mass is 231 g/mol. The summed E-state index contributed by atoms with van der Waals surface area (Å²) in [6.07, 6.45) is 4.82. The van der Waals surface area contributed by atoms with Crippen molar-refractivity contribution in [2.45, 2.75) is 13.3 Å². The van der Waals surface area contributed by atoms with Crippen molar-refractivity contribution in [3.8, 4) is 11.4 Å². The zero-order chi connectivity index (χ0) is 12.1. The third-order valence-electron chi connectivity index (χ3n) is 2.52. The highest BCUT2D eigenvalue weighted by Crippen LogP contribution is 2.18. The normalized spacial score (nSPS) is 10.2. The van der Waals surface area contributed by atoms with Crippen molar-refractivity contribution in [2.24, 2.45) is 0 Å². The van der Waals surface area contributed by atoms with Crippen LogP contribution >= 0.6 is 0 Å². The van der Waals surface area contributed by atoms with Crippen LogP contribution in [-0.2, 0) is 0 Å². The largest absolute Gasteiger partial charge is 0.497 e. The van der Waals surface area contributed by atoms with E-state index in [1.54, 1.807) is 13.3 Å². The van der Waals surface area contributed by atoms with Crippen molar-refractivity contribution in [1.82, 2.24) is 9.55 Å². The van der Waals surface area contributed by atoms with Crippen LogP contribution in [0.3, 0.4) is 0 Å². The number of benzene rings is 1. The SMILES string of the molecule is CCCNc1nccn1-c1ccc(OC)cc1. The Morgan fingerprint density at radius 2 is 2.06 bits per heavy atom. The zero-order valence-corrected chi connectivity index (χ0v) is 10.2. The second-order valence-corrected chi connectivity index (χ2v) is 3.75. The molecule has 17 heavy (non-hydrogen) atoms. The fourth-order valence-corrected chi connectivity index (χ4v) is 1.62. The Bertz CT molecular complexity index is 462. The highest BCUT2D eigenvalue weighted by molar-refractivity contribution is 5.44. The molecule has 0 spiro atoms. The van der Waals surface area contributed by atoms with E-state index >= 15 is 0 Å². The smallest absolute Gasteiger partial charge is 0.207 e. The fraction of sp³-hybridized carbons (Fsp3) is 0.308. The van der Waals surface area contributed by atoms with Gasteiger partial charge in [-0.1, -0.05) is 6.92 Å². The summed E-state index contributed by atoms with van der Waals surface area (Å²) in [4.78, 5) is 4.29. The van der Waals surface area contributed by atoms with Crippen LogP contribution in [0.4, 0.5) is 5.95 Å². The van der Waals surface area contributed by atoms with E-state index in [2.05, 4.69) is 17.2 Å². The minimum absolute atomic E-state index is 0.858. The number of nitrogens with zero attached hydrogens (tertiary/aromatic N) is 2. The maximum absolute atomic E-state index is 5.14. The lowest BCUT2D eigenvalue weighted by atomic mass is 10.3. The number of hydrogen-bond acceptors (Lipinski definition) is 3. The van der Waals surface area contributed by atoms with E-state index in [0.29, 0.717) is 0 Å². The average molecular weight is 231 g/mol. The summed E-state index contributed by atoms with van der Waals surface area (Å²) >= 11 is 0. The van der Waals surface area contributed by atoms with Crippen LogP contribution in [0.15, 0.2) is 36.7 Å². The maximum atomic E-state index is 5.14. The van der Waals surface area contributed by atoms with Gasteiger partial charge in [0.05, 0.1) is 7.11 Å².